The van der Waals surface area contributed by atoms with E-state index in [-0.39, 0.29) is 24.4 Å². The van der Waals surface area contributed by atoms with Crippen LogP contribution in [0.5, 0.6) is 5.75 Å². The lowest BCUT2D eigenvalue weighted by Crippen LogP contribution is -2.48. The second-order valence-corrected chi connectivity index (χ2v) is 10.00. The smallest absolute Gasteiger partial charge is 0.264 e. The fourth-order valence-electron chi connectivity index (χ4n) is 3.84. The van der Waals surface area contributed by atoms with Gasteiger partial charge >= 0.3 is 0 Å². The molecule has 1 aliphatic heterocycles. The molecule has 33 heavy (non-hydrogen) atoms. The Hall–Kier alpha value is -2.39. The van der Waals surface area contributed by atoms with Crippen molar-refractivity contribution >= 4 is 46.1 Å². The Kier molecular flexibility index (Phi) is 8.03. The first-order valence-corrected chi connectivity index (χ1v) is 12.8. The van der Waals surface area contributed by atoms with Crippen LogP contribution in [-0.2, 0) is 16.0 Å². The van der Waals surface area contributed by atoms with Gasteiger partial charge in [0, 0.05) is 30.1 Å². The molecule has 1 aromatic carbocycles. The minimum absolute atomic E-state index is 0.00297. The summed E-state index contributed by atoms with van der Waals surface area (Å²) in [7, 11) is 1.59. The molecule has 0 N–H and O–H groups in total. The van der Waals surface area contributed by atoms with E-state index in [4.69, 9.17) is 21.1 Å². The van der Waals surface area contributed by atoms with Gasteiger partial charge in [-0.25, -0.2) is 0 Å². The third kappa shape index (κ3) is 5.76. The van der Waals surface area contributed by atoms with E-state index in [9.17, 15) is 9.59 Å². The van der Waals surface area contributed by atoms with Crippen molar-refractivity contribution < 1.29 is 19.1 Å². The van der Waals surface area contributed by atoms with Crippen LogP contribution >= 0.6 is 34.3 Å². The molecular formula is C24H25ClN2O4S2. The maximum atomic E-state index is 13.5. The molecule has 0 fully saturated rings. The van der Waals surface area contributed by atoms with Gasteiger partial charge in [-0.05, 0) is 59.1 Å². The largest absolute Gasteiger partial charge is 0.491 e. The number of fused-ring (bicyclic) bond motifs is 1. The van der Waals surface area contributed by atoms with Crippen molar-refractivity contribution in [2.24, 2.45) is 0 Å². The third-order valence-corrected chi connectivity index (χ3v) is 7.65. The van der Waals surface area contributed by atoms with Gasteiger partial charge in [0.2, 0.25) is 5.91 Å². The maximum absolute atomic E-state index is 13.5. The van der Waals surface area contributed by atoms with Gasteiger partial charge in [0.1, 0.15) is 18.9 Å². The number of hydrogen-bond donors (Lipinski definition) is 0. The van der Waals surface area contributed by atoms with Gasteiger partial charge in [-0.2, -0.15) is 0 Å². The van der Waals surface area contributed by atoms with Crippen LogP contribution in [0.1, 0.15) is 26.2 Å². The summed E-state index contributed by atoms with van der Waals surface area (Å²) in [5, 5.41) is 4.55. The number of carbonyl (C=O) groups excluding carboxylic acids is 2. The number of benzene rings is 1. The number of nitrogens with zero attached hydrogens (tertiary/aromatic N) is 2. The summed E-state index contributed by atoms with van der Waals surface area (Å²) < 4.78 is 11.2. The van der Waals surface area contributed by atoms with Gasteiger partial charge in [-0.1, -0.05) is 17.7 Å². The van der Waals surface area contributed by atoms with Crippen LogP contribution in [-0.4, -0.2) is 61.6 Å². The minimum atomic E-state index is -0.218. The number of hydrogen-bond acceptors (Lipinski definition) is 6. The van der Waals surface area contributed by atoms with Gasteiger partial charge in [0.15, 0.2) is 0 Å². The average Bonchev–Trinajstić information content (AvgIpc) is 3.53. The lowest BCUT2D eigenvalue weighted by molar-refractivity contribution is -0.135. The number of carbonyl (C=O) groups is 2. The number of methoxy groups -OCH3 is 1. The predicted molar refractivity (Wildman–Crippen MR) is 132 cm³/mol. The summed E-state index contributed by atoms with van der Waals surface area (Å²) >= 11 is 9.05. The summed E-state index contributed by atoms with van der Waals surface area (Å²) in [6.45, 7) is 1.63. The second-order valence-electron chi connectivity index (χ2n) is 7.61. The van der Waals surface area contributed by atoms with Crippen LogP contribution < -0.4 is 4.74 Å². The Morgan fingerprint density at radius 2 is 1.97 bits per heavy atom. The van der Waals surface area contributed by atoms with Crippen molar-refractivity contribution in [3.8, 4) is 5.75 Å². The highest BCUT2D eigenvalue weighted by Gasteiger charge is 2.33. The molecule has 174 valence electrons. The molecule has 3 aromatic rings. The Balaban J connectivity index is 1.50. The molecule has 0 radical (unpaired) electrons. The van der Waals surface area contributed by atoms with Crippen molar-refractivity contribution in [3.05, 3.63) is 73.6 Å². The number of halogens is 1. The van der Waals surface area contributed by atoms with Crippen LogP contribution in [0, 0.1) is 0 Å². The number of rotatable bonds is 9. The van der Waals surface area contributed by atoms with Crippen molar-refractivity contribution in [3.63, 3.8) is 0 Å². The number of amides is 2. The Morgan fingerprint density at radius 3 is 2.70 bits per heavy atom. The van der Waals surface area contributed by atoms with E-state index in [1.54, 1.807) is 41.5 Å². The molecule has 1 aliphatic rings. The highest BCUT2D eigenvalue weighted by atomic mass is 35.5. The van der Waals surface area contributed by atoms with E-state index in [1.165, 1.54) is 16.2 Å². The van der Waals surface area contributed by atoms with Crippen molar-refractivity contribution in [2.75, 3.05) is 40.0 Å². The number of thiophene rings is 2. The molecule has 2 aromatic heterocycles. The maximum Gasteiger partial charge on any atom is 0.264 e. The highest BCUT2D eigenvalue weighted by Crippen LogP contribution is 2.34. The first-order chi connectivity index (χ1) is 16.1. The molecule has 0 spiro atoms. The normalized spacial score (nSPS) is 15.2. The van der Waals surface area contributed by atoms with E-state index < -0.39 is 0 Å². The van der Waals surface area contributed by atoms with Crippen LogP contribution in [0.4, 0.5) is 0 Å². The molecule has 4 rings (SSSR count). The molecule has 0 saturated carbocycles. The van der Waals surface area contributed by atoms with Gasteiger partial charge in [0.25, 0.3) is 5.91 Å². The summed E-state index contributed by atoms with van der Waals surface area (Å²) in [5.41, 5.74) is 1.11. The molecular weight excluding hydrogens is 480 g/mol. The third-order valence-electron chi connectivity index (χ3n) is 5.55. The zero-order valence-corrected chi connectivity index (χ0v) is 20.6. The molecule has 9 heteroatoms. The molecule has 0 bridgehead atoms. The highest BCUT2D eigenvalue weighted by molar-refractivity contribution is 7.12. The first kappa shape index (κ1) is 23.8. The molecule has 1 unspecified atom stereocenters. The molecule has 3 heterocycles. The van der Waals surface area contributed by atoms with Crippen LogP contribution in [0.25, 0.3) is 0 Å². The zero-order valence-electron chi connectivity index (χ0n) is 18.2. The lowest BCUT2D eigenvalue weighted by Gasteiger charge is -2.37. The quantitative estimate of drug-likeness (QED) is 0.421. The fraction of sp³-hybridized carbons (Fsp3) is 0.333. The van der Waals surface area contributed by atoms with Gasteiger partial charge in [-0.3, -0.25) is 9.59 Å². The van der Waals surface area contributed by atoms with E-state index in [0.29, 0.717) is 42.0 Å². The van der Waals surface area contributed by atoms with Crippen molar-refractivity contribution in [2.45, 2.75) is 12.5 Å². The van der Waals surface area contributed by atoms with Gasteiger partial charge in [-0.15, -0.1) is 22.7 Å². The average molecular weight is 505 g/mol. The van der Waals surface area contributed by atoms with Gasteiger partial charge < -0.3 is 19.3 Å². The molecule has 2 amide bonds. The van der Waals surface area contributed by atoms with E-state index in [0.717, 1.165) is 12.0 Å². The topological polar surface area (TPSA) is 59.1 Å². The number of ether oxygens (including phenoxy) is 2. The SMILES string of the molecule is COCCN(CC(=O)N1CCc2sccc2C1COc1ccc(Cl)cc1)C(=O)c1cccs1. The van der Waals surface area contributed by atoms with Gasteiger partial charge in [0.05, 0.1) is 17.5 Å². The van der Waals surface area contributed by atoms with Crippen molar-refractivity contribution in [1.82, 2.24) is 9.80 Å². The fourth-order valence-corrected chi connectivity index (χ4v) is 5.59. The van der Waals surface area contributed by atoms with Crippen LogP contribution in [0.3, 0.4) is 0 Å². The van der Waals surface area contributed by atoms with Crippen molar-refractivity contribution in [1.29, 1.82) is 0 Å². The Labute approximate surface area is 206 Å². The zero-order chi connectivity index (χ0) is 23.2. The molecule has 0 aliphatic carbocycles. The molecule has 0 saturated heterocycles. The monoisotopic (exact) mass is 504 g/mol. The van der Waals surface area contributed by atoms with E-state index >= 15 is 0 Å². The van der Waals surface area contributed by atoms with Crippen LogP contribution in [0.15, 0.2) is 53.2 Å². The molecule has 1 atom stereocenters. The first-order valence-electron chi connectivity index (χ1n) is 10.6. The molecule has 6 nitrogen and oxygen atoms in total. The summed E-state index contributed by atoms with van der Waals surface area (Å²) in [6, 6.07) is 12.6. The summed E-state index contributed by atoms with van der Waals surface area (Å²) in [4.78, 5) is 31.7. The van der Waals surface area contributed by atoms with Crippen LogP contribution in [0.2, 0.25) is 5.02 Å². The van der Waals surface area contributed by atoms with E-state index in [1.807, 2.05) is 28.5 Å². The second kappa shape index (κ2) is 11.2. The summed E-state index contributed by atoms with van der Waals surface area (Å²) in [5.74, 6) is 0.443. The Morgan fingerprint density at radius 1 is 1.15 bits per heavy atom. The lowest BCUT2D eigenvalue weighted by atomic mass is 10.0. The minimum Gasteiger partial charge on any atom is -0.491 e. The Bertz CT molecular complexity index is 1070. The summed E-state index contributed by atoms with van der Waals surface area (Å²) in [6.07, 6.45) is 0.799. The van der Waals surface area contributed by atoms with E-state index in [2.05, 4.69) is 11.4 Å². The standard InChI is InChI=1S/C24H25ClN2O4S2/c1-30-12-11-26(24(29)22-3-2-13-32-22)15-23(28)27-10-8-21-19(9-14-33-21)20(27)16-31-18-6-4-17(25)5-7-18/h2-7,9,13-14,20H,8,10-12,15-16H2,1H3. The predicted octanol–water partition coefficient (Wildman–Crippen LogP) is 4.76.